The van der Waals surface area contributed by atoms with Crippen LogP contribution in [0.1, 0.15) is 34.0 Å². The molecule has 0 spiro atoms. The number of hydrogen-bond acceptors (Lipinski definition) is 3. The summed E-state index contributed by atoms with van der Waals surface area (Å²) in [5.74, 6) is -0.183. The van der Waals surface area contributed by atoms with Crippen LogP contribution < -0.4 is 4.74 Å². The first-order valence-electron chi connectivity index (χ1n) is 7.00. The van der Waals surface area contributed by atoms with Gasteiger partial charge in [-0.3, -0.25) is 9.59 Å². The van der Waals surface area contributed by atoms with E-state index in [2.05, 4.69) is 0 Å². The summed E-state index contributed by atoms with van der Waals surface area (Å²) in [6, 6.07) is 12.6. The summed E-state index contributed by atoms with van der Waals surface area (Å²) in [6.07, 6.45) is -0.0260. The van der Waals surface area contributed by atoms with Gasteiger partial charge in [-0.1, -0.05) is 24.3 Å². The SMILES string of the molecule is CC(=O)c1ccc(OCc2ccccc2CC(=O)O)cc1C. The van der Waals surface area contributed by atoms with Gasteiger partial charge >= 0.3 is 5.97 Å². The number of carboxylic acid groups (broad SMARTS) is 1. The van der Waals surface area contributed by atoms with Crippen LogP contribution in [-0.4, -0.2) is 16.9 Å². The molecule has 0 amide bonds. The van der Waals surface area contributed by atoms with Crippen LogP contribution in [0.4, 0.5) is 0 Å². The van der Waals surface area contributed by atoms with Crippen molar-refractivity contribution in [1.82, 2.24) is 0 Å². The molecule has 0 unspecified atom stereocenters. The highest BCUT2D eigenvalue weighted by molar-refractivity contribution is 5.95. The lowest BCUT2D eigenvalue weighted by atomic mass is 10.0. The fourth-order valence-electron chi connectivity index (χ4n) is 2.32. The fourth-order valence-corrected chi connectivity index (χ4v) is 2.32. The molecule has 4 heteroatoms. The number of carbonyl (C=O) groups excluding carboxylic acids is 1. The molecule has 0 saturated carbocycles. The normalized spacial score (nSPS) is 10.3. The molecule has 0 saturated heterocycles. The highest BCUT2D eigenvalue weighted by Crippen LogP contribution is 2.20. The Labute approximate surface area is 129 Å². The highest BCUT2D eigenvalue weighted by Gasteiger charge is 2.08. The van der Waals surface area contributed by atoms with E-state index < -0.39 is 5.97 Å². The molecular formula is C18H18O4. The Kier molecular flexibility index (Phi) is 4.94. The van der Waals surface area contributed by atoms with Crippen molar-refractivity contribution in [2.24, 2.45) is 0 Å². The molecule has 0 aromatic heterocycles. The topological polar surface area (TPSA) is 63.6 Å². The van der Waals surface area contributed by atoms with Gasteiger partial charge in [-0.05, 0) is 48.7 Å². The zero-order valence-electron chi connectivity index (χ0n) is 12.6. The molecule has 0 aliphatic heterocycles. The largest absolute Gasteiger partial charge is 0.489 e. The van der Waals surface area contributed by atoms with E-state index in [0.717, 1.165) is 16.7 Å². The maximum atomic E-state index is 11.4. The second kappa shape index (κ2) is 6.89. The first kappa shape index (κ1) is 15.8. The molecular weight excluding hydrogens is 280 g/mol. The van der Waals surface area contributed by atoms with Gasteiger partial charge in [0, 0.05) is 5.56 Å². The predicted molar refractivity (Wildman–Crippen MR) is 83.3 cm³/mol. The van der Waals surface area contributed by atoms with E-state index in [1.807, 2.05) is 31.2 Å². The Balaban J connectivity index is 2.12. The Bertz CT molecular complexity index is 704. The molecule has 114 valence electrons. The molecule has 2 aromatic rings. The average Bonchev–Trinajstić information content (AvgIpc) is 2.45. The highest BCUT2D eigenvalue weighted by atomic mass is 16.5. The van der Waals surface area contributed by atoms with E-state index in [1.54, 1.807) is 18.2 Å². The van der Waals surface area contributed by atoms with Crippen molar-refractivity contribution < 1.29 is 19.4 Å². The van der Waals surface area contributed by atoms with Gasteiger partial charge in [-0.25, -0.2) is 0 Å². The molecule has 2 rings (SSSR count). The number of rotatable bonds is 6. The fraction of sp³-hybridized carbons (Fsp3) is 0.222. The van der Waals surface area contributed by atoms with Gasteiger partial charge < -0.3 is 9.84 Å². The third kappa shape index (κ3) is 3.95. The number of aliphatic carboxylic acids is 1. The number of ketones is 1. The minimum Gasteiger partial charge on any atom is -0.489 e. The van der Waals surface area contributed by atoms with Crippen molar-refractivity contribution >= 4 is 11.8 Å². The van der Waals surface area contributed by atoms with Crippen molar-refractivity contribution in [3.63, 3.8) is 0 Å². The monoisotopic (exact) mass is 298 g/mol. The van der Waals surface area contributed by atoms with Gasteiger partial charge in [0.2, 0.25) is 0 Å². The van der Waals surface area contributed by atoms with E-state index in [-0.39, 0.29) is 12.2 Å². The van der Waals surface area contributed by atoms with Gasteiger partial charge in [-0.15, -0.1) is 0 Å². The lowest BCUT2D eigenvalue weighted by Gasteiger charge is -2.11. The van der Waals surface area contributed by atoms with Gasteiger partial charge in [0.05, 0.1) is 6.42 Å². The Hall–Kier alpha value is -2.62. The van der Waals surface area contributed by atoms with E-state index in [9.17, 15) is 9.59 Å². The number of benzene rings is 2. The Morgan fingerprint density at radius 1 is 1.09 bits per heavy atom. The molecule has 2 aromatic carbocycles. The molecule has 0 fully saturated rings. The van der Waals surface area contributed by atoms with E-state index in [1.165, 1.54) is 6.92 Å². The summed E-state index contributed by atoms with van der Waals surface area (Å²) >= 11 is 0. The van der Waals surface area contributed by atoms with Gasteiger partial charge in [0.25, 0.3) is 0 Å². The summed E-state index contributed by atoms with van der Waals surface area (Å²) in [7, 11) is 0. The maximum Gasteiger partial charge on any atom is 0.307 e. The second-order valence-corrected chi connectivity index (χ2v) is 5.16. The number of carbonyl (C=O) groups is 2. The first-order valence-corrected chi connectivity index (χ1v) is 7.00. The van der Waals surface area contributed by atoms with Crippen LogP contribution >= 0.6 is 0 Å². The lowest BCUT2D eigenvalue weighted by Crippen LogP contribution is -2.06. The predicted octanol–water partition coefficient (Wildman–Crippen LogP) is 3.40. The van der Waals surface area contributed by atoms with Crippen LogP contribution in [0, 0.1) is 6.92 Å². The summed E-state index contributed by atoms with van der Waals surface area (Å²) in [5.41, 5.74) is 3.13. The molecule has 0 heterocycles. The van der Waals surface area contributed by atoms with Gasteiger partial charge in [-0.2, -0.15) is 0 Å². The quantitative estimate of drug-likeness (QED) is 0.830. The van der Waals surface area contributed by atoms with Crippen LogP contribution in [0.3, 0.4) is 0 Å². The van der Waals surface area contributed by atoms with Gasteiger partial charge in [0.15, 0.2) is 5.78 Å². The van der Waals surface area contributed by atoms with Crippen LogP contribution in [0.2, 0.25) is 0 Å². The number of carboxylic acids is 1. The summed E-state index contributed by atoms with van der Waals surface area (Å²) in [4.78, 5) is 22.3. The number of Topliss-reactive ketones (excluding diaryl/α,β-unsaturated/α-hetero) is 1. The smallest absolute Gasteiger partial charge is 0.307 e. The number of aryl methyl sites for hydroxylation is 1. The van der Waals surface area contributed by atoms with Gasteiger partial charge in [0.1, 0.15) is 12.4 Å². The Morgan fingerprint density at radius 3 is 2.36 bits per heavy atom. The van der Waals surface area contributed by atoms with E-state index in [0.29, 0.717) is 17.9 Å². The number of hydrogen-bond donors (Lipinski definition) is 1. The van der Waals surface area contributed by atoms with Crippen molar-refractivity contribution in [2.45, 2.75) is 26.9 Å². The van der Waals surface area contributed by atoms with Crippen LogP contribution in [0.15, 0.2) is 42.5 Å². The molecule has 1 N–H and O–H groups in total. The first-order chi connectivity index (χ1) is 10.5. The summed E-state index contributed by atoms with van der Waals surface area (Å²) in [6.45, 7) is 3.69. The lowest BCUT2D eigenvalue weighted by molar-refractivity contribution is -0.136. The minimum absolute atomic E-state index is 0.0239. The standard InChI is InChI=1S/C18H18O4/c1-12-9-16(7-8-17(12)13(2)19)22-11-15-6-4-3-5-14(15)10-18(20)21/h3-9H,10-11H2,1-2H3,(H,20,21). The third-order valence-electron chi connectivity index (χ3n) is 3.43. The van der Waals surface area contributed by atoms with Crippen molar-refractivity contribution in [3.05, 3.63) is 64.7 Å². The van der Waals surface area contributed by atoms with Crippen molar-refractivity contribution in [3.8, 4) is 5.75 Å². The molecule has 0 aliphatic carbocycles. The summed E-state index contributed by atoms with van der Waals surface area (Å²) < 4.78 is 5.73. The second-order valence-electron chi connectivity index (χ2n) is 5.16. The Morgan fingerprint density at radius 2 is 1.77 bits per heavy atom. The molecule has 0 atom stereocenters. The minimum atomic E-state index is -0.867. The molecule has 0 aliphatic rings. The molecule has 0 bridgehead atoms. The van der Waals surface area contributed by atoms with Crippen molar-refractivity contribution in [2.75, 3.05) is 0 Å². The molecule has 0 radical (unpaired) electrons. The van der Waals surface area contributed by atoms with Crippen LogP contribution in [0.5, 0.6) is 5.75 Å². The van der Waals surface area contributed by atoms with Crippen molar-refractivity contribution in [1.29, 1.82) is 0 Å². The zero-order chi connectivity index (χ0) is 16.1. The zero-order valence-corrected chi connectivity index (χ0v) is 12.6. The van der Waals surface area contributed by atoms with E-state index >= 15 is 0 Å². The molecule has 4 nitrogen and oxygen atoms in total. The number of ether oxygens (including phenoxy) is 1. The van der Waals surface area contributed by atoms with Crippen LogP contribution in [-0.2, 0) is 17.8 Å². The third-order valence-corrected chi connectivity index (χ3v) is 3.43. The van der Waals surface area contributed by atoms with E-state index in [4.69, 9.17) is 9.84 Å². The van der Waals surface area contributed by atoms with Crippen LogP contribution in [0.25, 0.3) is 0 Å². The summed E-state index contributed by atoms with van der Waals surface area (Å²) in [5, 5.41) is 8.92. The average molecular weight is 298 g/mol. The maximum absolute atomic E-state index is 11.4. The molecule has 22 heavy (non-hydrogen) atoms.